The minimum Gasteiger partial charge on any atom is -0.390 e. The fourth-order valence-electron chi connectivity index (χ4n) is 9.82. The van der Waals surface area contributed by atoms with Gasteiger partial charge in [-0.15, -0.1) is 0 Å². The summed E-state index contributed by atoms with van der Waals surface area (Å²) in [6, 6.07) is 0. The van der Waals surface area contributed by atoms with Crippen molar-refractivity contribution in [3.05, 3.63) is 0 Å². The van der Waals surface area contributed by atoms with Gasteiger partial charge in [-0.3, -0.25) is 4.79 Å². The summed E-state index contributed by atoms with van der Waals surface area (Å²) in [5, 5.41) is 22.3. The number of aliphatic hydroxyl groups excluding tert-OH is 2. The van der Waals surface area contributed by atoms with Gasteiger partial charge in [-0.05, 0) is 90.8 Å². The van der Waals surface area contributed by atoms with E-state index in [2.05, 4.69) is 41.5 Å². The lowest BCUT2D eigenvalue weighted by molar-refractivity contribution is -0.165. The first-order chi connectivity index (χ1) is 15.9. The number of fused-ring (bicyclic) bond motifs is 5. The van der Waals surface area contributed by atoms with E-state index in [4.69, 9.17) is 0 Å². The van der Waals surface area contributed by atoms with E-state index in [9.17, 15) is 23.8 Å². The maximum atomic E-state index is 14.6. The third kappa shape index (κ3) is 3.99. The van der Waals surface area contributed by atoms with Gasteiger partial charge < -0.3 is 10.2 Å². The maximum absolute atomic E-state index is 14.6. The monoisotopic (exact) mass is 482 g/mol. The number of rotatable bonds is 6. The van der Waals surface area contributed by atoms with Crippen LogP contribution in [0, 0.1) is 58.2 Å². The number of alkyl halides is 2. The van der Waals surface area contributed by atoms with Crippen LogP contribution in [0.25, 0.3) is 0 Å². The molecule has 4 saturated carbocycles. The Kier molecular flexibility index (Phi) is 7.33. The number of carbonyl (C=O) groups is 1. The van der Waals surface area contributed by atoms with Crippen molar-refractivity contribution in [1.82, 2.24) is 0 Å². The number of hydrogen-bond acceptors (Lipinski definition) is 3. The summed E-state index contributed by atoms with van der Waals surface area (Å²) in [6.07, 6.45) is 1.11. The minimum atomic E-state index is -1.50. The van der Waals surface area contributed by atoms with Crippen LogP contribution in [0.4, 0.5) is 8.78 Å². The second-order valence-electron chi connectivity index (χ2n) is 13.5. The van der Waals surface area contributed by atoms with Crippen molar-refractivity contribution in [2.45, 2.75) is 117 Å². The molecule has 196 valence electrons. The molecule has 0 aromatic rings. The normalized spacial score (nSPS) is 48.0. The van der Waals surface area contributed by atoms with Gasteiger partial charge in [-0.25, -0.2) is 8.78 Å². The van der Waals surface area contributed by atoms with E-state index in [1.165, 1.54) is 0 Å². The Morgan fingerprint density at radius 3 is 2.24 bits per heavy atom. The molecule has 0 aromatic carbocycles. The van der Waals surface area contributed by atoms with Gasteiger partial charge in [0.1, 0.15) is 18.1 Å². The van der Waals surface area contributed by atoms with Gasteiger partial charge in [-0.1, -0.05) is 48.0 Å². The molecule has 5 heteroatoms. The Labute approximate surface area is 205 Å². The average molecular weight is 483 g/mol. The molecule has 4 aliphatic carbocycles. The van der Waals surface area contributed by atoms with E-state index < -0.39 is 30.0 Å². The van der Waals surface area contributed by atoms with Crippen LogP contribution < -0.4 is 0 Å². The van der Waals surface area contributed by atoms with Crippen LogP contribution in [-0.4, -0.2) is 40.5 Å². The van der Waals surface area contributed by atoms with Crippen LogP contribution in [0.2, 0.25) is 0 Å². The number of ketones is 1. The first kappa shape index (κ1) is 26.5. The smallest absolute Gasteiger partial charge is 0.136 e. The molecular formula is C29H48F2O3. The third-order valence-electron chi connectivity index (χ3n) is 11.8. The molecule has 0 aliphatic heterocycles. The zero-order valence-corrected chi connectivity index (χ0v) is 22.1. The summed E-state index contributed by atoms with van der Waals surface area (Å²) in [5.41, 5.74) is -0.426. The van der Waals surface area contributed by atoms with Gasteiger partial charge in [0.25, 0.3) is 0 Å². The largest absolute Gasteiger partial charge is 0.390 e. The van der Waals surface area contributed by atoms with Crippen LogP contribution in [0.5, 0.6) is 0 Å². The summed E-state index contributed by atoms with van der Waals surface area (Å²) in [4.78, 5) is 13.3. The van der Waals surface area contributed by atoms with E-state index in [-0.39, 0.29) is 53.6 Å². The molecule has 0 spiro atoms. The van der Waals surface area contributed by atoms with Crippen LogP contribution in [-0.2, 0) is 4.79 Å². The summed E-state index contributed by atoms with van der Waals surface area (Å²) in [7, 11) is 0. The highest BCUT2D eigenvalue weighted by Crippen LogP contribution is 2.68. The second kappa shape index (κ2) is 9.39. The first-order valence-corrected chi connectivity index (χ1v) is 14.0. The van der Waals surface area contributed by atoms with Gasteiger partial charge in [-0.2, -0.15) is 0 Å². The second-order valence-corrected chi connectivity index (χ2v) is 13.5. The zero-order valence-electron chi connectivity index (χ0n) is 22.1. The van der Waals surface area contributed by atoms with E-state index in [0.29, 0.717) is 24.2 Å². The third-order valence-corrected chi connectivity index (χ3v) is 11.8. The Morgan fingerprint density at radius 1 is 0.971 bits per heavy atom. The molecule has 34 heavy (non-hydrogen) atoms. The quantitative estimate of drug-likeness (QED) is 0.477. The van der Waals surface area contributed by atoms with Crippen molar-refractivity contribution in [2.75, 3.05) is 0 Å². The lowest BCUT2D eigenvalue weighted by Crippen LogP contribution is -2.59. The van der Waals surface area contributed by atoms with Crippen molar-refractivity contribution in [2.24, 2.45) is 58.2 Å². The van der Waals surface area contributed by atoms with Crippen LogP contribution in [0.15, 0.2) is 0 Å². The summed E-state index contributed by atoms with van der Waals surface area (Å²) >= 11 is 0. The lowest BCUT2D eigenvalue weighted by Gasteiger charge is -2.60. The van der Waals surface area contributed by atoms with E-state index >= 15 is 0 Å². The minimum absolute atomic E-state index is 0.0106. The molecule has 4 rings (SSSR count). The standard InChI is InChI=1S/C29H48F2O3/c1-7-17(15(2)3)27(34)26(33)16(4)19-8-9-20-18-12-25(32)22-13-23(30)24(31)14-29(22,6)21(18)10-11-28(19,20)5/h15-24,26-27,33-34H,7-14H2,1-6H3/t16-,17-,18-,19+,20-,21-,22+,23-,24+,26+,27+,28+,29+/m0/s1. The Balaban J connectivity index is 1.55. The first-order valence-electron chi connectivity index (χ1n) is 14.0. The predicted octanol–water partition coefficient (Wildman–Crippen LogP) is 6.15. The average Bonchev–Trinajstić information content (AvgIpc) is 3.12. The van der Waals surface area contributed by atoms with Gasteiger partial charge in [0.15, 0.2) is 0 Å². The fourth-order valence-corrected chi connectivity index (χ4v) is 9.82. The van der Waals surface area contributed by atoms with Gasteiger partial charge in [0.05, 0.1) is 12.2 Å². The van der Waals surface area contributed by atoms with Crippen LogP contribution in [0.3, 0.4) is 0 Å². The highest BCUT2D eigenvalue weighted by atomic mass is 19.2. The molecule has 0 aromatic heterocycles. The predicted molar refractivity (Wildman–Crippen MR) is 131 cm³/mol. The van der Waals surface area contributed by atoms with Gasteiger partial charge >= 0.3 is 0 Å². The zero-order chi connectivity index (χ0) is 25.2. The molecule has 4 fully saturated rings. The molecule has 0 bridgehead atoms. The molecule has 0 saturated heterocycles. The van der Waals surface area contributed by atoms with Crippen molar-refractivity contribution in [3.63, 3.8) is 0 Å². The fraction of sp³-hybridized carbons (Fsp3) is 0.966. The van der Waals surface area contributed by atoms with E-state index in [1.54, 1.807) is 0 Å². The molecule has 13 atom stereocenters. The van der Waals surface area contributed by atoms with Crippen molar-refractivity contribution >= 4 is 5.78 Å². The van der Waals surface area contributed by atoms with Crippen molar-refractivity contribution < 1.29 is 23.8 Å². The van der Waals surface area contributed by atoms with Crippen LogP contribution >= 0.6 is 0 Å². The van der Waals surface area contributed by atoms with Crippen molar-refractivity contribution in [1.29, 1.82) is 0 Å². The molecule has 2 N–H and O–H groups in total. The number of hydrogen-bond donors (Lipinski definition) is 2. The summed E-state index contributed by atoms with van der Waals surface area (Å²) in [5.74, 6) is 1.35. The SMILES string of the molecule is CC[C@@H](C(C)C)[C@@H](O)[C@H](O)[C@@H](C)[C@H]1CC[C@H]2[C@@H]3CC(=O)[C@H]4C[C@H](F)[C@H](F)C[C@]4(C)[C@H]3CC[C@]12C. The maximum Gasteiger partial charge on any atom is 0.136 e. The summed E-state index contributed by atoms with van der Waals surface area (Å²) < 4.78 is 28.8. The molecule has 0 radical (unpaired) electrons. The number of Topliss-reactive ketones (excluding diaryl/α,β-unsaturated/α-hetero) is 1. The van der Waals surface area contributed by atoms with Gasteiger partial charge in [0.2, 0.25) is 0 Å². The molecule has 3 nitrogen and oxygen atoms in total. The van der Waals surface area contributed by atoms with Crippen molar-refractivity contribution in [3.8, 4) is 0 Å². The lowest BCUT2D eigenvalue weighted by atomic mass is 9.44. The Hall–Kier alpha value is -0.550. The highest BCUT2D eigenvalue weighted by molar-refractivity contribution is 5.83. The number of aliphatic hydroxyl groups is 2. The topological polar surface area (TPSA) is 57.5 Å². The van der Waals surface area contributed by atoms with Crippen LogP contribution in [0.1, 0.15) is 92.9 Å². The number of carbonyl (C=O) groups excluding carboxylic acids is 1. The Morgan fingerprint density at radius 2 is 1.62 bits per heavy atom. The highest BCUT2D eigenvalue weighted by Gasteiger charge is 2.64. The van der Waals surface area contributed by atoms with Gasteiger partial charge in [0, 0.05) is 12.3 Å². The molecule has 0 unspecified atom stereocenters. The number of halogens is 2. The molecule has 0 heterocycles. The Bertz CT molecular complexity index is 758. The van der Waals surface area contributed by atoms with E-state index in [0.717, 1.165) is 32.1 Å². The molecule has 0 amide bonds. The molecule has 4 aliphatic rings. The molecular weight excluding hydrogens is 434 g/mol. The summed E-state index contributed by atoms with van der Waals surface area (Å²) in [6.45, 7) is 12.8. The van der Waals surface area contributed by atoms with E-state index in [1.807, 2.05) is 0 Å².